The molecule has 2 rings (SSSR count). The highest BCUT2D eigenvalue weighted by atomic mass is 79.9. The van der Waals surface area contributed by atoms with Crippen LogP contribution in [-0.2, 0) is 0 Å². The first-order valence-corrected chi connectivity index (χ1v) is 8.84. The van der Waals surface area contributed by atoms with Crippen LogP contribution in [0.15, 0.2) is 16.6 Å². The number of thioether (sulfide) groups is 1. The fourth-order valence-electron chi connectivity index (χ4n) is 2.53. The van der Waals surface area contributed by atoms with Crippen LogP contribution in [0.25, 0.3) is 0 Å². The summed E-state index contributed by atoms with van der Waals surface area (Å²) in [6.07, 6.45) is 3.44. The quantitative estimate of drug-likeness (QED) is 0.750. The van der Waals surface area contributed by atoms with Gasteiger partial charge in [-0.1, -0.05) is 17.7 Å². The lowest BCUT2D eigenvalue weighted by molar-refractivity contribution is 0.377. The maximum absolute atomic E-state index is 14.2. The first-order valence-electron chi connectivity index (χ1n) is 6.52. The van der Waals surface area contributed by atoms with Crippen molar-refractivity contribution in [1.29, 1.82) is 0 Å². The summed E-state index contributed by atoms with van der Waals surface area (Å²) in [4.78, 5) is 0. The molecule has 1 aromatic carbocycles. The standard InChI is InChI=1S/C14H18BrClFNS/c1-18-12(8-9-4-6-19-7-5-9)10-2-3-11(15)13(16)14(10)17/h2-3,9,12,18H,4-8H2,1H3. The Morgan fingerprint density at radius 2 is 2.16 bits per heavy atom. The third kappa shape index (κ3) is 3.87. The van der Waals surface area contributed by atoms with E-state index >= 15 is 0 Å². The molecule has 1 atom stereocenters. The highest BCUT2D eigenvalue weighted by Gasteiger charge is 2.23. The molecule has 1 fully saturated rings. The number of hydrogen-bond donors (Lipinski definition) is 1. The van der Waals surface area contributed by atoms with Crippen molar-refractivity contribution in [2.45, 2.75) is 25.3 Å². The van der Waals surface area contributed by atoms with Crippen LogP contribution < -0.4 is 5.32 Å². The van der Waals surface area contributed by atoms with Gasteiger partial charge in [0, 0.05) is 16.1 Å². The topological polar surface area (TPSA) is 12.0 Å². The van der Waals surface area contributed by atoms with Gasteiger partial charge in [0.05, 0.1) is 5.02 Å². The molecule has 106 valence electrons. The van der Waals surface area contributed by atoms with E-state index in [1.807, 2.05) is 30.9 Å². The van der Waals surface area contributed by atoms with Crippen LogP contribution >= 0.6 is 39.3 Å². The minimum Gasteiger partial charge on any atom is -0.313 e. The number of rotatable bonds is 4. The number of benzene rings is 1. The van der Waals surface area contributed by atoms with Gasteiger partial charge in [-0.2, -0.15) is 11.8 Å². The smallest absolute Gasteiger partial charge is 0.147 e. The summed E-state index contributed by atoms with van der Waals surface area (Å²) in [6, 6.07) is 3.69. The van der Waals surface area contributed by atoms with Gasteiger partial charge >= 0.3 is 0 Å². The summed E-state index contributed by atoms with van der Waals surface area (Å²) in [5.74, 6) is 2.83. The predicted molar refractivity (Wildman–Crippen MR) is 85.6 cm³/mol. The average molecular weight is 367 g/mol. The van der Waals surface area contributed by atoms with Crippen molar-refractivity contribution in [2.24, 2.45) is 5.92 Å². The lowest BCUT2D eigenvalue weighted by atomic mass is 9.90. The van der Waals surface area contributed by atoms with Gasteiger partial charge in [-0.15, -0.1) is 0 Å². The lowest BCUT2D eigenvalue weighted by Gasteiger charge is -2.27. The van der Waals surface area contributed by atoms with E-state index in [0.29, 0.717) is 16.0 Å². The Hall–Kier alpha value is 0.230. The monoisotopic (exact) mass is 365 g/mol. The van der Waals surface area contributed by atoms with Crippen LogP contribution in [0.2, 0.25) is 5.02 Å². The molecule has 0 aromatic heterocycles. The molecule has 1 heterocycles. The van der Waals surface area contributed by atoms with E-state index in [1.165, 1.54) is 24.3 Å². The Morgan fingerprint density at radius 3 is 2.79 bits per heavy atom. The van der Waals surface area contributed by atoms with Crippen molar-refractivity contribution >= 4 is 39.3 Å². The van der Waals surface area contributed by atoms with E-state index in [1.54, 1.807) is 0 Å². The molecule has 0 radical (unpaired) electrons. The normalized spacial score (nSPS) is 18.5. The van der Waals surface area contributed by atoms with Crippen molar-refractivity contribution < 1.29 is 4.39 Å². The van der Waals surface area contributed by atoms with Crippen LogP contribution in [0, 0.1) is 11.7 Å². The molecule has 0 saturated carbocycles. The average Bonchev–Trinajstić information content (AvgIpc) is 2.44. The highest BCUT2D eigenvalue weighted by molar-refractivity contribution is 9.10. The van der Waals surface area contributed by atoms with Gasteiger partial charge in [0.15, 0.2) is 0 Å². The van der Waals surface area contributed by atoms with Gasteiger partial charge in [0.2, 0.25) is 0 Å². The largest absolute Gasteiger partial charge is 0.313 e. The molecule has 19 heavy (non-hydrogen) atoms. The summed E-state index contributed by atoms with van der Waals surface area (Å²) in [6.45, 7) is 0. The first kappa shape index (κ1) is 15.6. The van der Waals surface area contributed by atoms with E-state index in [-0.39, 0.29) is 16.9 Å². The molecule has 0 spiro atoms. The number of nitrogens with one attached hydrogen (secondary N) is 1. The van der Waals surface area contributed by atoms with Gasteiger partial charge in [-0.3, -0.25) is 0 Å². The summed E-state index contributed by atoms with van der Waals surface area (Å²) in [5, 5.41) is 3.41. The van der Waals surface area contributed by atoms with Crippen LogP contribution in [-0.4, -0.2) is 18.6 Å². The molecule has 0 aliphatic carbocycles. The zero-order valence-electron chi connectivity index (χ0n) is 10.9. The third-order valence-electron chi connectivity index (χ3n) is 3.70. The Morgan fingerprint density at radius 1 is 1.47 bits per heavy atom. The lowest BCUT2D eigenvalue weighted by Crippen LogP contribution is -2.23. The summed E-state index contributed by atoms with van der Waals surface area (Å²) < 4.78 is 14.9. The zero-order valence-corrected chi connectivity index (χ0v) is 14.0. The molecule has 1 N–H and O–H groups in total. The Kier molecular flexibility index (Phi) is 6.00. The van der Waals surface area contributed by atoms with Gasteiger partial charge in [0.25, 0.3) is 0 Å². The molecular formula is C14H18BrClFNS. The van der Waals surface area contributed by atoms with Gasteiger partial charge in [-0.05, 0) is 65.7 Å². The molecule has 1 nitrogen and oxygen atoms in total. The second kappa shape index (κ2) is 7.30. The molecule has 1 aliphatic rings. The van der Waals surface area contributed by atoms with Crippen LogP contribution in [0.1, 0.15) is 30.9 Å². The van der Waals surface area contributed by atoms with Crippen LogP contribution in [0.5, 0.6) is 0 Å². The number of hydrogen-bond acceptors (Lipinski definition) is 2. The van der Waals surface area contributed by atoms with E-state index < -0.39 is 0 Å². The van der Waals surface area contributed by atoms with Crippen molar-refractivity contribution in [1.82, 2.24) is 5.32 Å². The second-order valence-electron chi connectivity index (χ2n) is 4.90. The molecule has 1 aliphatic heterocycles. The second-order valence-corrected chi connectivity index (χ2v) is 7.35. The maximum Gasteiger partial charge on any atom is 0.147 e. The Balaban J connectivity index is 2.14. The SMILES string of the molecule is CNC(CC1CCSCC1)c1ccc(Br)c(Cl)c1F. The van der Waals surface area contributed by atoms with Crippen molar-refractivity contribution in [3.05, 3.63) is 33.0 Å². The van der Waals surface area contributed by atoms with Crippen LogP contribution in [0.3, 0.4) is 0 Å². The van der Waals surface area contributed by atoms with Gasteiger partial charge < -0.3 is 5.32 Å². The fourth-order valence-corrected chi connectivity index (χ4v) is 4.21. The van der Waals surface area contributed by atoms with E-state index in [4.69, 9.17) is 11.6 Å². The Bertz CT molecular complexity index is 438. The van der Waals surface area contributed by atoms with Crippen molar-refractivity contribution in [3.63, 3.8) is 0 Å². The minimum atomic E-state index is -0.305. The molecule has 1 aromatic rings. The number of halogens is 3. The Labute approximate surface area is 131 Å². The summed E-state index contributed by atoms with van der Waals surface area (Å²) in [5.41, 5.74) is 0.675. The maximum atomic E-state index is 14.2. The minimum absolute atomic E-state index is 0.0405. The third-order valence-corrected chi connectivity index (χ3v) is 6.01. The molecular weight excluding hydrogens is 349 g/mol. The van der Waals surface area contributed by atoms with E-state index in [0.717, 1.165) is 6.42 Å². The highest BCUT2D eigenvalue weighted by Crippen LogP contribution is 2.35. The molecule has 0 bridgehead atoms. The molecule has 0 amide bonds. The van der Waals surface area contributed by atoms with Crippen molar-refractivity contribution in [3.8, 4) is 0 Å². The zero-order chi connectivity index (χ0) is 13.8. The fraction of sp³-hybridized carbons (Fsp3) is 0.571. The van der Waals surface area contributed by atoms with E-state index in [9.17, 15) is 4.39 Å². The van der Waals surface area contributed by atoms with Gasteiger partial charge in [0.1, 0.15) is 5.82 Å². The summed E-state index contributed by atoms with van der Waals surface area (Å²) >= 11 is 11.2. The van der Waals surface area contributed by atoms with Crippen molar-refractivity contribution in [2.75, 3.05) is 18.6 Å². The van der Waals surface area contributed by atoms with Gasteiger partial charge in [-0.25, -0.2) is 4.39 Å². The predicted octanol–water partition coefficient (Wildman–Crippen LogP) is 5.04. The first-order chi connectivity index (χ1) is 9.13. The van der Waals surface area contributed by atoms with E-state index in [2.05, 4.69) is 21.2 Å². The molecule has 1 unspecified atom stereocenters. The summed E-state index contributed by atoms with van der Waals surface area (Å²) in [7, 11) is 1.89. The van der Waals surface area contributed by atoms with Crippen LogP contribution in [0.4, 0.5) is 4.39 Å². The molecule has 5 heteroatoms. The molecule has 1 saturated heterocycles.